The highest BCUT2D eigenvalue weighted by molar-refractivity contribution is 5.14. The van der Waals surface area contributed by atoms with Crippen LogP contribution in [0.15, 0.2) is 30.3 Å². The van der Waals surface area contributed by atoms with Crippen molar-refractivity contribution in [2.24, 2.45) is 5.84 Å². The van der Waals surface area contributed by atoms with E-state index in [0.717, 1.165) is 19.3 Å². The van der Waals surface area contributed by atoms with Crippen LogP contribution in [0.5, 0.6) is 0 Å². The van der Waals surface area contributed by atoms with Gasteiger partial charge in [0.1, 0.15) is 0 Å². The monoisotopic (exact) mass is 192 g/mol. The van der Waals surface area contributed by atoms with Crippen LogP contribution in [0.25, 0.3) is 0 Å². The Morgan fingerprint density at radius 1 is 1.29 bits per heavy atom. The van der Waals surface area contributed by atoms with E-state index in [4.69, 9.17) is 5.84 Å². The van der Waals surface area contributed by atoms with Gasteiger partial charge in [-0.25, -0.2) is 0 Å². The molecule has 14 heavy (non-hydrogen) atoms. The van der Waals surface area contributed by atoms with Crippen molar-refractivity contribution in [3.63, 3.8) is 0 Å². The maximum absolute atomic E-state index is 5.41. The highest BCUT2D eigenvalue weighted by Crippen LogP contribution is 2.07. The zero-order chi connectivity index (χ0) is 10.2. The Balaban J connectivity index is 2.21. The first-order valence-electron chi connectivity index (χ1n) is 5.37. The third kappa shape index (κ3) is 3.90. The summed E-state index contributed by atoms with van der Waals surface area (Å²) in [7, 11) is 0. The summed E-state index contributed by atoms with van der Waals surface area (Å²) in [6.45, 7) is 2.16. The smallest absolute Gasteiger partial charge is 0.0208 e. The van der Waals surface area contributed by atoms with Gasteiger partial charge in [-0.3, -0.25) is 11.3 Å². The minimum absolute atomic E-state index is 0.471. The average Bonchev–Trinajstić information content (AvgIpc) is 2.26. The summed E-state index contributed by atoms with van der Waals surface area (Å²) in [5.41, 5.74) is 4.25. The predicted molar refractivity (Wildman–Crippen MR) is 60.8 cm³/mol. The Kier molecular flexibility index (Phi) is 5.27. The maximum atomic E-state index is 5.41. The van der Waals surface area contributed by atoms with Crippen LogP contribution >= 0.6 is 0 Å². The molecule has 1 unspecified atom stereocenters. The number of hydrogen-bond acceptors (Lipinski definition) is 2. The Morgan fingerprint density at radius 3 is 2.57 bits per heavy atom. The number of hydrogen-bond donors (Lipinski definition) is 2. The topological polar surface area (TPSA) is 38.0 Å². The molecule has 1 rings (SSSR count). The number of hydrazine groups is 1. The molecule has 0 saturated heterocycles. The van der Waals surface area contributed by atoms with E-state index >= 15 is 0 Å². The molecule has 2 nitrogen and oxygen atoms in total. The van der Waals surface area contributed by atoms with Crippen molar-refractivity contribution < 1.29 is 0 Å². The van der Waals surface area contributed by atoms with E-state index in [1.165, 1.54) is 12.0 Å². The zero-order valence-electron chi connectivity index (χ0n) is 8.87. The third-order valence-electron chi connectivity index (χ3n) is 2.59. The van der Waals surface area contributed by atoms with Gasteiger partial charge >= 0.3 is 0 Å². The molecular weight excluding hydrogens is 172 g/mol. The van der Waals surface area contributed by atoms with E-state index < -0.39 is 0 Å². The van der Waals surface area contributed by atoms with Crippen LogP contribution < -0.4 is 11.3 Å². The second-order valence-corrected chi connectivity index (χ2v) is 3.65. The molecule has 0 saturated carbocycles. The predicted octanol–water partition coefficient (Wildman–Crippen LogP) is 2.25. The molecular formula is C12H20N2. The fraction of sp³-hybridized carbons (Fsp3) is 0.500. The Morgan fingerprint density at radius 2 is 2.00 bits per heavy atom. The Hall–Kier alpha value is -0.860. The number of nitrogens with one attached hydrogen (secondary N) is 1. The van der Waals surface area contributed by atoms with Gasteiger partial charge in [0.25, 0.3) is 0 Å². The van der Waals surface area contributed by atoms with E-state index in [1.54, 1.807) is 0 Å². The molecule has 1 atom stereocenters. The lowest BCUT2D eigenvalue weighted by Crippen LogP contribution is -2.34. The van der Waals surface area contributed by atoms with Crippen molar-refractivity contribution in [2.45, 2.75) is 38.6 Å². The molecule has 0 fully saturated rings. The van der Waals surface area contributed by atoms with Crippen LogP contribution in [-0.2, 0) is 6.42 Å². The molecule has 0 heterocycles. The lowest BCUT2D eigenvalue weighted by Gasteiger charge is -2.12. The van der Waals surface area contributed by atoms with Crippen LogP contribution in [0.3, 0.4) is 0 Å². The van der Waals surface area contributed by atoms with E-state index in [1.807, 2.05) is 0 Å². The summed E-state index contributed by atoms with van der Waals surface area (Å²) in [5, 5.41) is 0. The number of benzene rings is 1. The largest absolute Gasteiger partial charge is 0.271 e. The minimum atomic E-state index is 0.471. The van der Waals surface area contributed by atoms with Crippen molar-refractivity contribution in [2.75, 3.05) is 0 Å². The molecule has 78 valence electrons. The lowest BCUT2D eigenvalue weighted by molar-refractivity contribution is 0.467. The van der Waals surface area contributed by atoms with Crippen LogP contribution in [0.4, 0.5) is 0 Å². The van der Waals surface area contributed by atoms with Gasteiger partial charge in [0.2, 0.25) is 0 Å². The van der Waals surface area contributed by atoms with Gasteiger partial charge < -0.3 is 0 Å². The van der Waals surface area contributed by atoms with Crippen molar-refractivity contribution in [3.8, 4) is 0 Å². The van der Waals surface area contributed by atoms with Crippen LogP contribution in [0.2, 0.25) is 0 Å². The van der Waals surface area contributed by atoms with Crippen LogP contribution in [0, 0.1) is 0 Å². The fourth-order valence-corrected chi connectivity index (χ4v) is 1.60. The standard InChI is InChI=1S/C12H20N2/c1-2-12(14-13)10-6-9-11-7-4-3-5-8-11/h3-5,7-8,12,14H,2,6,9-10,13H2,1H3. The van der Waals surface area contributed by atoms with Gasteiger partial charge in [-0.2, -0.15) is 0 Å². The van der Waals surface area contributed by atoms with Gasteiger partial charge in [0, 0.05) is 6.04 Å². The molecule has 0 aliphatic rings. The Labute approximate surface area is 86.5 Å². The first kappa shape index (κ1) is 11.2. The number of rotatable bonds is 6. The summed E-state index contributed by atoms with van der Waals surface area (Å²) in [6.07, 6.45) is 4.61. The molecule has 1 aromatic carbocycles. The van der Waals surface area contributed by atoms with Gasteiger partial charge in [-0.05, 0) is 31.2 Å². The Bertz CT molecular complexity index is 229. The quantitative estimate of drug-likeness (QED) is 0.536. The zero-order valence-corrected chi connectivity index (χ0v) is 8.87. The van der Waals surface area contributed by atoms with E-state index in [2.05, 4.69) is 42.7 Å². The van der Waals surface area contributed by atoms with Gasteiger partial charge in [0.05, 0.1) is 0 Å². The summed E-state index contributed by atoms with van der Waals surface area (Å²) in [5.74, 6) is 5.41. The molecule has 3 N–H and O–H groups in total. The molecule has 0 bridgehead atoms. The van der Waals surface area contributed by atoms with Gasteiger partial charge in [-0.15, -0.1) is 0 Å². The van der Waals surface area contributed by atoms with Crippen LogP contribution in [-0.4, -0.2) is 6.04 Å². The van der Waals surface area contributed by atoms with Crippen molar-refractivity contribution in [1.29, 1.82) is 0 Å². The van der Waals surface area contributed by atoms with Crippen molar-refractivity contribution in [1.82, 2.24) is 5.43 Å². The number of aryl methyl sites for hydroxylation is 1. The summed E-state index contributed by atoms with van der Waals surface area (Å²) < 4.78 is 0. The molecule has 2 heteroatoms. The summed E-state index contributed by atoms with van der Waals surface area (Å²) in [4.78, 5) is 0. The van der Waals surface area contributed by atoms with E-state index in [0.29, 0.717) is 6.04 Å². The second kappa shape index (κ2) is 6.57. The average molecular weight is 192 g/mol. The highest BCUT2D eigenvalue weighted by atomic mass is 15.2. The first-order chi connectivity index (χ1) is 6.86. The van der Waals surface area contributed by atoms with Crippen LogP contribution in [0.1, 0.15) is 31.7 Å². The normalized spacial score (nSPS) is 12.7. The highest BCUT2D eigenvalue weighted by Gasteiger charge is 2.02. The maximum Gasteiger partial charge on any atom is 0.0208 e. The SMILES string of the molecule is CCC(CCCc1ccccc1)NN. The lowest BCUT2D eigenvalue weighted by atomic mass is 10.0. The molecule has 0 spiro atoms. The van der Waals surface area contributed by atoms with Crippen molar-refractivity contribution >= 4 is 0 Å². The summed E-state index contributed by atoms with van der Waals surface area (Å²) in [6, 6.07) is 11.1. The van der Waals surface area contributed by atoms with E-state index in [9.17, 15) is 0 Å². The van der Waals surface area contributed by atoms with E-state index in [-0.39, 0.29) is 0 Å². The molecule has 0 aliphatic carbocycles. The summed E-state index contributed by atoms with van der Waals surface area (Å²) >= 11 is 0. The minimum Gasteiger partial charge on any atom is -0.271 e. The first-order valence-corrected chi connectivity index (χ1v) is 5.37. The van der Waals surface area contributed by atoms with Gasteiger partial charge in [0.15, 0.2) is 0 Å². The molecule has 0 radical (unpaired) electrons. The molecule has 0 amide bonds. The molecule has 1 aromatic rings. The third-order valence-corrected chi connectivity index (χ3v) is 2.59. The molecule has 0 aliphatic heterocycles. The molecule has 0 aromatic heterocycles. The number of nitrogens with two attached hydrogens (primary N) is 1. The fourth-order valence-electron chi connectivity index (χ4n) is 1.60. The van der Waals surface area contributed by atoms with Gasteiger partial charge in [-0.1, -0.05) is 37.3 Å². The van der Waals surface area contributed by atoms with Crippen molar-refractivity contribution in [3.05, 3.63) is 35.9 Å². The second-order valence-electron chi connectivity index (χ2n) is 3.65.